The summed E-state index contributed by atoms with van der Waals surface area (Å²) in [6.07, 6.45) is 1.74. The van der Waals surface area contributed by atoms with Gasteiger partial charge >= 0.3 is 0 Å². The molecule has 0 spiro atoms. The average Bonchev–Trinajstić information content (AvgIpc) is 2.39. The fraction of sp³-hybridized carbons (Fsp3) is 0.571. The zero-order chi connectivity index (χ0) is 13.0. The van der Waals surface area contributed by atoms with Gasteiger partial charge in [-0.1, -0.05) is 31.2 Å². The smallest absolute Gasteiger partial charge is 0.0943 e. The molecular weight excluding hydrogens is 246 g/mol. The lowest BCUT2D eigenvalue weighted by molar-refractivity contribution is 0.0581. The molecule has 1 heterocycles. The maximum atomic E-state index is 12.2. The van der Waals surface area contributed by atoms with E-state index in [1.54, 1.807) is 0 Å². The van der Waals surface area contributed by atoms with Crippen molar-refractivity contribution < 1.29 is 8.95 Å². The normalized spacial score (nSPS) is 22.2. The molecule has 1 aliphatic rings. The highest BCUT2D eigenvalue weighted by molar-refractivity contribution is 7.85. The molecule has 3 nitrogen and oxygen atoms in total. The van der Waals surface area contributed by atoms with Crippen molar-refractivity contribution in [1.82, 2.24) is 0 Å². The van der Waals surface area contributed by atoms with Gasteiger partial charge in [-0.2, -0.15) is 0 Å². The van der Waals surface area contributed by atoms with E-state index in [0.29, 0.717) is 12.3 Å². The van der Waals surface area contributed by atoms with Crippen LogP contribution >= 0.6 is 0 Å². The number of nitrogens with two attached hydrogens (primary N) is 1. The van der Waals surface area contributed by atoms with Gasteiger partial charge in [0.1, 0.15) is 0 Å². The fourth-order valence-electron chi connectivity index (χ4n) is 2.29. The number of benzene rings is 1. The van der Waals surface area contributed by atoms with Crippen molar-refractivity contribution in [2.24, 2.45) is 5.73 Å². The van der Waals surface area contributed by atoms with E-state index >= 15 is 0 Å². The summed E-state index contributed by atoms with van der Waals surface area (Å²) in [5.41, 5.74) is 8.05. The second-order valence-electron chi connectivity index (χ2n) is 4.74. The Kier molecular flexibility index (Phi) is 4.92. The molecule has 1 aromatic rings. The standard InChI is InChI=1S/C14H21NO2S/c1-11(6-8-15)18(16)10-14-13-5-3-2-4-12(13)7-9-17-14/h2-5,11,14H,6-10,15H2,1H3. The molecule has 2 rings (SSSR count). The third kappa shape index (κ3) is 3.19. The Morgan fingerprint density at radius 1 is 1.50 bits per heavy atom. The summed E-state index contributed by atoms with van der Waals surface area (Å²) >= 11 is 0. The summed E-state index contributed by atoms with van der Waals surface area (Å²) in [6.45, 7) is 3.32. The first kappa shape index (κ1) is 13.7. The molecule has 3 unspecified atom stereocenters. The minimum absolute atomic E-state index is 0.0176. The van der Waals surface area contributed by atoms with Gasteiger partial charge in [0.25, 0.3) is 0 Å². The topological polar surface area (TPSA) is 52.3 Å². The first-order valence-corrected chi connectivity index (χ1v) is 7.87. The van der Waals surface area contributed by atoms with Crippen LogP contribution < -0.4 is 5.73 Å². The average molecular weight is 267 g/mol. The fourth-order valence-corrected chi connectivity index (χ4v) is 3.60. The van der Waals surface area contributed by atoms with Crippen LogP contribution in [-0.2, 0) is 22.0 Å². The minimum Gasteiger partial charge on any atom is -0.372 e. The van der Waals surface area contributed by atoms with Crippen LogP contribution in [0.3, 0.4) is 0 Å². The van der Waals surface area contributed by atoms with E-state index in [4.69, 9.17) is 10.5 Å². The number of hydrogen-bond donors (Lipinski definition) is 1. The van der Waals surface area contributed by atoms with E-state index in [1.165, 1.54) is 11.1 Å². The molecule has 0 aliphatic carbocycles. The lowest BCUT2D eigenvalue weighted by Gasteiger charge is -2.26. The van der Waals surface area contributed by atoms with Gasteiger partial charge in [-0.25, -0.2) is 0 Å². The highest BCUT2D eigenvalue weighted by Gasteiger charge is 2.24. The third-order valence-corrected chi connectivity index (χ3v) is 5.19. The van der Waals surface area contributed by atoms with E-state index in [9.17, 15) is 4.21 Å². The molecule has 1 aromatic carbocycles. The molecule has 0 bridgehead atoms. The Labute approximate surface area is 111 Å². The van der Waals surface area contributed by atoms with Crippen molar-refractivity contribution in [3.05, 3.63) is 35.4 Å². The van der Waals surface area contributed by atoms with Crippen LogP contribution in [0.25, 0.3) is 0 Å². The van der Waals surface area contributed by atoms with Gasteiger partial charge in [0.05, 0.1) is 18.5 Å². The zero-order valence-electron chi connectivity index (χ0n) is 10.8. The first-order chi connectivity index (χ1) is 8.72. The van der Waals surface area contributed by atoms with Crippen LogP contribution in [0.1, 0.15) is 30.6 Å². The van der Waals surface area contributed by atoms with E-state index in [0.717, 1.165) is 19.4 Å². The predicted octanol–water partition coefficient (Wildman–Crippen LogP) is 1.79. The van der Waals surface area contributed by atoms with Gasteiger partial charge in [-0.3, -0.25) is 4.21 Å². The van der Waals surface area contributed by atoms with Crippen LogP contribution in [0, 0.1) is 0 Å². The molecule has 3 atom stereocenters. The third-order valence-electron chi connectivity index (χ3n) is 3.43. The minimum atomic E-state index is -0.874. The van der Waals surface area contributed by atoms with Crippen molar-refractivity contribution in [1.29, 1.82) is 0 Å². The van der Waals surface area contributed by atoms with Gasteiger partial charge in [-0.15, -0.1) is 0 Å². The molecule has 0 saturated heterocycles. The van der Waals surface area contributed by atoms with Crippen LogP contribution in [-0.4, -0.2) is 28.4 Å². The Balaban J connectivity index is 2.05. The van der Waals surface area contributed by atoms with Crippen molar-refractivity contribution in [2.75, 3.05) is 18.9 Å². The van der Waals surface area contributed by atoms with Crippen molar-refractivity contribution in [3.63, 3.8) is 0 Å². The first-order valence-electron chi connectivity index (χ1n) is 6.49. The Bertz CT molecular complexity index is 422. The molecule has 0 saturated carbocycles. The second-order valence-corrected chi connectivity index (χ2v) is 6.64. The zero-order valence-corrected chi connectivity index (χ0v) is 11.6. The molecule has 1 aliphatic heterocycles. The van der Waals surface area contributed by atoms with Gasteiger partial charge in [0, 0.05) is 16.0 Å². The SMILES string of the molecule is CC(CCN)S(=O)CC1OCCc2ccccc21. The number of hydrogen-bond acceptors (Lipinski definition) is 3. The van der Waals surface area contributed by atoms with Gasteiger partial charge in [0.2, 0.25) is 0 Å². The van der Waals surface area contributed by atoms with Crippen LogP contribution in [0.5, 0.6) is 0 Å². The Hall–Kier alpha value is -0.710. The molecular formula is C14H21NO2S. The Morgan fingerprint density at radius 3 is 3.06 bits per heavy atom. The summed E-state index contributed by atoms with van der Waals surface area (Å²) in [5.74, 6) is 0.582. The maximum Gasteiger partial charge on any atom is 0.0943 e. The molecule has 0 amide bonds. The highest BCUT2D eigenvalue weighted by atomic mass is 32.2. The van der Waals surface area contributed by atoms with Crippen LogP contribution in [0.4, 0.5) is 0 Å². The van der Waals surface area contributed by atoms with Crippen LogP contribution in [0.2, 0.25) is 0 Å². The summed E-state index contributed by atoms with van der Waals surface area (Å²) < 4.78 is 18.0. The second kappa shape index (κ2) is 6.45. The molecule has 0 radical (unpaired) electrons. The highest BCUT2D eigenvalue weighted by Crippen LogP contribution is 2.28. The van der Waals surface area contributed by atoms with E-state index in [2.05, 4.69) is 18.2 Å². The molecule has 0 aromatic heterocycles. The predicted molar refractivity (Wildman–Crippen MR) is 75.0 cm³/mol. The largest absolute Gasteiger partial charge is 0.372 e. The van der Waals surface area contributed by atoms with Crippen LogP contribution in [0.15, 0.2) is 24.3 Å². The van der Waals surface area contributed by atoms with Crippen molar-refractivity contribution in [2.45, 2.75) is 31.1 Å². The summed E-state index contributed by atoms with van der Waals surface area (Å²) in [5, 5.41) is 0.146. The molecule has 4 heteroatoms. The lowest BCUT2D eigenvalue weighted by atomic mass is 9.99. The van der Waals surface area contributed by atoms with Gasteiger partial charge in [-0.05, 0) is 30.5 Å². The Morgan fingerprint density at radius 2 is 2.28 bits per heavy atom. The maximum absolute atomic E-state index is 12.2. The summed E-state index contributed by atoms with van der Waals surface area (Å²) in [7, 11) is -0.874. The van der Waals surface area contributed by atoms with Crippen molar-refractivity contribution >= 4 is 10.8 Å². The number of rotatable bonds is 5. The summed E-state index contributed by atoms with van der Waals surface area (Å²) in [6, 6.07) is 8.29. The number of fused-ring (bicyclic) bond motifs is 1. The number of ether oxygens (including phenoxy) is 1. The molecule has 100 valence electrons. The molecule has 18 heavy (non-hydrogen) atoms. The van der Waals surface area contributed by atoms with Gasteiger partial charge in [0.15, 0.2) is 0 Å². The van der Waals surface area contributed by atoms with Gasteiger partial charge < -0.3 is 10.5 Å². The van der Waals surface area contributed by atoms with E-state index < -0.39 is 10.8 Å². The lowest BCUT2D eigenvalue weighted by Crippen LogP contribution is -2.26. The monoisotopic (exact) mass is 267 g/mol. The van der Waals surface area contributed by atoms with E-state index in [-0.39, 0.29) is 11.4 Å². The quantitative estimate of drug-likeness (QED) is 0.885. The van der Waals surface area contributed by atoms with Crippen molar-refractivity contribution in [3.8, 4) is 0 Å². The van der Waals surface area contributed by atoms with E-state index in [1.807, 2.05) is 13.0 Å². The summed E-state index contributed by atoms with van der Waals surface area (Å²) in [4.78, 5) is 0. The molecule has 0 fully saturated rings. The molecule has 2 N–H and O–H groups in total.